The predicted molar refractivity (Wildman–Crippen MR) is 215 cm³/mol. The summed E-state index contributed by atoms with van der Waals surface area (Å²) in [5.41, 5.74) is 1.07. The average Bonchev–Trinajstić information content (AvgIpc) is 3.96. The van der Waals surface area contributed by atoms with Crippen molar-refractivity contribution in [3.05, 3.63) is 35.9 Å². The van der Waals surface area contributed by atoms with Crippen LogP contribution in [0.4, 0.5) is 0 Å². The van der Waals surface area contributed by atoms with Crippen molar-refractivity contribution < 1.29 is 38.6 Å². The van der Waals surface area contributed by atoms with Crippen molar-refractivity contribution in [1.29, 1.82) is 0 Å². The molecule has 12 nitrogen and oxygen atoms in total. The van der Waals surface area contributed by atoms with Crippen LogP contribution in [0.15, 0.2) is 30.3 Å². The zero-order valence-corrected chi connectivity index (χ0v) is 35.2. The third kappa shape index (κ3) is 10.8. The normalized spacial score (nSPS) is 24.6. The minimum absolute atomic E-state index is 0.00170. The van der Waals surface area contributed by atoms with Crippen molar-refractivity contribution in [3.63, 3.8) is 0 Å². The Balaban J connectivity index is 1.45. The Morgan fingerprint density at radius 1 is 1.00 bits per heavy atom. The van der Waals surface area contributed by atoms with E-state index in [1.165, 1.54) is 0 Å². The van der Waals surface area contributed by atoms with Gasteiger partial charge < -0.3 is 29.7 Å². The SMILES string of the molecule is CC[C@H](C)[C@@H]([C@@H](CC(=O)N1CCC[C@H]1[C@H](OC)[C@@H](C)C(=O)C[C@H](CO)Cc1ccccc1)OC)N(C)C(=O)[C@@H](CC(=O)[C@@H]1[C@H]2CC[C@H](C2)N1CNC=O)C(C)C. The highest BCUT2D eigenvalue weighted by Gasteiger charge is 2.50. The number of piperidine rings is 1. The third-order valence-corrected chi connectivity index (χ3v) is 13.4. The minimum atomic E-state index is -0.602. The Kier molecular flexibility index (Phi) is 17.5. The number of methoxy groups -OCH3 is 2. The maximum absolute atomic E-state index is 14.5. The van der Waals surface area contributed by atoms with Crippen molar-refractivity contribution in [2.75, 3.05) is 41.1 Å². The van der Waals surface area contributed by atoms with Gasteiger partial charge in [-0.25, -0.2) is 0 Å². The van der Waals surface area contributed by atoms with Crippen LogP contribution in [0.1, 0.15) is 98.0 Å². The van der Waals surface area contributed by atoms with Gasteiger partial charge in [-0.1, -0.05) is 71.4 Å². The number of nitrogens with zero attached hydrogens (tertiary/aromatic N) is 3. The van der Waals surface area contributed by atoms with Crippen LogP contribution < -0.4 is 5.32 Å². The van der Waals surface area contributed by atoms with Crippen LogP contribution in [-0.4, -0.2) is 127 Å². The summed E-state index contributed by atoms with van der Waals surface area (Å²) in [4.78, 5) is 73.2. The molecule has 2 bridgehead atoms. The van der Waals surface area contributed by atoms with Gasteiger partial charge in [0, 0.05) is 65.1 Å². The molecule has 11 atom stereocenters. The number of carbonyl (C=O) groups excluding carboxylic acids is 5. The standard InChI is InChI=1S/C44H70N4O8/c1-9-29(4)41(46(6)44(54)35(28(2)3)23-38(52)42-33-17-18-34(22-33)48(42)26-45-27-50)39(55-7)24-40(53)47-19-13-16-36(47)43(56-8)30(5)37(51)21-32(25-49)20-31-14-11-10-12-15-31/h10-12,14-15,27-30,32-36,39,41-43,49H,9,13,16-26H2,1-8H3,(H,45,50)/t29-,30-,32+,33-,34+,35-,36-,39+,41-,42-,43+/m0/s1. The van der Waals surface area contributed by atoms with Gasteiger partial charge in [-0.2, -0.15) is 0 Å². The number of hydrogen-bond acceptors (Lipinski definition) is 9. The van der Waals surface area contributed by atoms with Crippen LogP contribution in [0.2, 0.25) is 0 Å². The van der Waals surface area contributed by atoms with Crippen molar-refractivity contribution >= 4 is 29.8 Å². The van der Waals surface area contributed by atoms with Gasteiger partial charge in [-0.05, 0) is 67.8 Å². The highest BCUT2D eigenvalue weighted by molar-refractivity contribution is 5.90. The van der Waals surface area contributed by atoms with Crippen molar-refractivity contribution in [2.24, 2.45) is 35.5 Å². The number of fused-ring (bicyclic) bond motifs is 2. The fourth-order valence-electron chi connectivity index (χ4n) is 10.1. The first-order valence-electron chi connectivity index (χ1n) is 21.1. The molecule has 0 unspecified atom stereocenters. The van der Waals surface area contributed by atoms with E-state index in [4.69, 9.17) is 9.47 Å². The molecule has 1 aromatic carbocycles. The quantitative estimate of drug-likeness (QED) is 0.145. The van der Waals surface area contributed by atoms with E-state index in [9.17, 15) is 29.1 Å². The molecule has 2 N–H and O–H groups in total. The van der Waals surface area contributed by atoms with E-state index in [-0.39, 0.29) is 91.0 Å². The summed E-state index contributed by atoms with van der Waals surface area (Å²) in [7, 11) is 4.95. The Morgan fingerprint density at radius 2 is 1.71 bits per heavy atom. The van der Waals surface area contributed by atoms with Gasteiger partial charge in [0.05, 0.1) is 43.4 Å². The van der Waals surface area contributed by atoms with E-state index >= 15 is 0 Å². The summed E-state index contributed by atoms with van der Waals surface area (Å²) < 4.78 is 12.1. The summed E-state index contributed by atoms with van der Waals surface area (Å²) in [5, 5.41) is 12.9. The molecule has 3 aliphatic rings. The Hall–Kier alpha value is -3.19. The molecular weight excluding hydrogens is 713 g/mol. The van der Waals surface area contributed by atoms with Crippen LogP contribution in [0.25, 0.3) is 0 Å². The molecule has 0 spiro atoms. The van der Waals surface area contributed by atoms with Gasteiger partial charge in [0.15, 0.2) is 5.78 Å². The second-order valence-electron chi connectivity index (χ2n) is 17.2. The van der Waals surface area contributed by atoms with E-state index in [1.807, 2.05) is 56.0 Å². The van der Waals surface area contributed by atoms with E-state index in [1.54, 1.807) is 26.2 Å². The molecule has 12 heteroatoms. The zero-order valence-electron chi connectivity index (χ0n) is 35.2. The first-order chi connectivity index (χ1) is 26.8. The Morgan fingerprint density at radius 3 is 2.32 bits per heavy atom. The summed E-state index contributed by atoms with van der Waals surface area (Å²) >= 11 is 0. The molecule has 2 saturated heterocycles. The van der Waals surface area contributed by atoms with Crippen LogP contribution in [-0.2, 0) is 39.9 Å². The number of ether oxygens (including phenoxy) is 2. The van der Waals surface area contributed by atoms with E-state index in [2.05, 4.69) is 24.1 Å². The highest BCUT2D eigenvalue weighted by Crippen LogP contribution is 2.43. The second kappa shape index (κ2) is 21.5. The molecule has 2 heterocycles. The molecule has 4 rings (SSSR count). The monoisotopic (exact) mass is 783 g/mol. The van der Waals surface area contributed by atoms with Crippen molar-refractivity contribution in [3.8, 4) is 0 Å². The number of carbonyl (C=O) groups is 5. The van der Waals surface area contributed by atoms with Crippen molar-refractivity contribution in [2.45, 2.75) is 135 Å². The average molecular weight is 783 g/mol. The number of rotatable bonds is 24. The van der Waals surface area contributed by atoms with Gasteiger partial charge in [0.1, 0.15) is 5.78 Å². The lowest BCUT2D eigenvalue weighted by molar-refractivity contribution is -0.149. The zero-order chi connectivity index (χ0) is 41.1. The fourth-order valence-corrected chi connectivity index (χ4v) is 10.1. The van der Waals surface area contributed by atoms with Gasteiger partial charge in [-0.3, -0.25) is 28.9 Å². The van der Waals surface area contributed by atoms with E-state index < -0.39 is 30.1 Å². The molecule has 1 aromatic rings. The number of benzene rings is 1. The summed E-state index contributed by atoms with van der Waals surface area (Å²) in [6.45, 7) is 10.7. The number of ketones is 2. The number of likely N-dealkylation sites (tertiary alicyclic amines) is 2. The highest BCUT2D eigenvalue weighted by atomic mass is 16.5. The fraction of sp³-hybridized carbons (Fsp3) is 0.750. The summed E-state index contributed by atoms with van der Waals surface area (Å²) in [6.07, 6.45) is 5.72. The lowest BCUT2D eigenvalue weighted by Crippen LogP contribution is -2.54. The molecule has 3 fully saturated rings. The van der Waals surface area contributed by atoms with Crippen LogP contribution in [0, 0.1) is 35.5 Å². The maximum atomic E-state index is 14.5. The third-order valence-electron chi connectivity index (χ3n) is 13.4. The lowest BCUT2D eigenvalue weighted by atomic mass is 9.83. The van der Waals surface area contributed by atoms with Crippen molar-refractivity contribution in [1.82, 2.24) is 20.0 Å². The van der Waals surface area contributed by atoms with E-state index in [0.29, 0.717) is 32.5 Å². The maximum Gasteiger partial charge on any atom is 0.226 e. The topological polar surface area (TPSA) is 146 Å². The lowest BCUT2D eigenvalue weighted by Gasteiger charge is -2.41. The first kappa shape index (κ1) is 45.5. The van der Waals surface area contributed by atoms with Gasteiger partial charge in [-0.15, -0.1) is 0 Å². The number of aliphatic hydroxyl groups is 1. The Bertz CT molecular complexity index is 1440. The molecule has 0 radical (unpaired) electrons. The molecule has 3 amide bonds. The smallest absolute Gasteiger partial charge is 0.226 e. The second-order valence-corrected chi connectivity index (χ2v) is 17.2. The van der Waals surface area contributed by atoms with Gasteiger partial charge in [0.2, 0.25) is 18.2 Å². The number of likely N-dealkylation sites (N-methyl/N-ethyl adjacent to an activating group) is 1. The van der Waals surface area contributed by atoms with E-state index in [0.717, 1.165) is 37.7 Å². The molecule has 56 heavy (non-hydrogen) atoms. The number of hydrogen-bond donors (Lipinski definition) is 2. The largest absolute Gasteiger partial charge is 0.396 e. The van der Waals surface area contributed by atoms with Crippen LogP contribution in [0.5, 0.6) is 0 Å². The number of aliphatic hydroxyl groups excluding tert-OH is 1. The summed E-state index contributed by atoms with van der Waals surface area (Å²) in [6, 6.07) is 9.09. The van der Waals surface area contributed by atoms with Crippen LogP contribution in [0.3, 0.4) is 0 Å². The molecule has 1 saturated carbocycles. The minimum Gasteiger partial charge on any atom is -0.396 e. The van der Waals surface area contributed by atoms with Gasteiger partial charge in [0.25, 0.3) is 0 Å². The van der Waals surface area contributed by atoms with Gasteiger partial charge >= 0.3 is 0 Å². The molecule has 314 valence electrons. The first-order valence-corrected chi connectivity index (χ1v) is 21.1. The molecular formula is C44H70N4O8. The Labute approximate surface area is 335 Å². The van der Waals surface area contributed by atoms with Crippen LogP contribution >= 0.6 is 0 Å². The predicted octanol–water partition coefficient (Wildman–Crippen LogP) is 4.50. The number of Topliss-reactive ketones (excluding diaryl/α,β-unsaturated/α-hetero) is 2. The molecule has 1 aliphatic carbocycles. The molecule has 0 aromatic heterocycles. The number of nitrogens with one attached hydrogen (secondary N) is 1. The summed E-state index contributed by atoms with van der Waals surface area (Å²) in [5.74, 6) is -1.29. The number of amides is 3. The molecule has 2 aliphatic heterocycles.